The Morgan fingerprint density at radius 2 is 2.04 bits per heavy atom. The van der Waals surface area contributed by atoms with Gasteiger partial charge in [-0.05, 0) is 26.2 Å². The Balaban J connectivity index is 1.68. The number of piperidine rings is 1. The van der Waals surface area contributed by atoms with Crippen LogP contribution in [0.25, 0.3) is 0 Å². The minimum absolute atomic E-state index is 0.0391. The lowest BCUT2D eigenvalue weighted by molar-refractivity contribution is -0.150. The third kappa shape index (κ3) is 3.77. The quantitative estimate of drug-likeness (QED) is 0.782. The first kappa shape index (κ1) is 18.5. The van der Waals surface area contributed by atoms with Crippen LogP contribution >= 0.6 is 0 Å². The fourth-order valence-electron chi connectivity index (χ4n) is 4.35. The number of hydrogen-bond donors (Lipinski definition) is 2. The van der Waals surface area contributed by atoms with Crippen LogP contribution in [0.3, 0.4) is 0 Å². The lowest BCUT2D eigenvalue weighted by atomic mass is 9.81. The van der Waals surface area contributed by atoms with Gasteiger partial charge in [-0.25, -0.2) is 4.99 Å². The molecule has 1 spiro atoms. The van der Waals surface area contributed by atoms with Gasteiger partial charge in [0.25, 0.3) is 6.02 Å². The van der Waals surface area contributed by atoms with Gasteiger partial charge in [-0.1, -0.05) is 19.3 Å². The minimum atomic E-state index is -0.860. The molecule has 1 amide bonds. The third-order valence-corrected chi connectivity index (χ3v) is 5.77. The van der Waals surface area contributed by atoms with E-state index in [9.17, 15) is 15.0 Å². The van der Waals surface area contributed by atoms with Crippen molar-refractivity contribution in [2.24, 2.45) is 4.99 Å². The van der Waals surface area contributed by atoms with Gasteiger partial charge < -0.3 is 24.7 Å². The largest absolute Gasteiger partial charge is 0.452 e. The van der Waals surface area contributed by atoms with Crippen molar-refractivity contribution >= 4 is 11.9 Å². The first-order valence-electron chi connectivity index (χ1n) is 9.50. The van der Waals surface area contributed by atoms with E-state index in [1.54, 1.807) is 4.90 Å². The number of nitrogens with zero attached hydrogens (tertiary/aromatic N) is 3. The minimum Gasteiger partial charge on any atom is -0.452 e. The van der Waals surface area contributed by atoms with Gasteiger partial charge in [0.15, 0.2) is 5.60 Å². The highest BCUT2D eigenvalue weighted by Gasteiger charge is 2.52. The number of ether oxygens (including phenoxy) is 1. The third-order valence-electron chi connectivity index (χ3n) is 5.77. The smallest absolute Gasteiger partial charge is 0.287 e. The zero-order valence-corrected chi connectivity index (χ0v) is 15.4. The summed E-state index contributed by atoms with van der Waals surface area (Å²) in [5.74, 6) is -0.0391. The predicted molar refractivity (Wildman–Crippen MR) is 94.3 cm³/mol. The molecule has 2 N–H and O–H groups in total. The summed E-state index contributed by atoms with van der Waals surface area (Å²) in [6, 6.07) is 0.529. The Kier molecular flexibility index (Phi) is 5.25. The number of aliphatic hydroxyl groups excluding tert-OH is 1. The highest BCUT2D eigenvalue weighted by atomic mass is 16.6. The topological polar surface area (TPSA) is 85.6 Å². The number of amides is 1. The highest BCUT2D eigenvalue weighted by molar-refractivity contribution is 5.79. The van der Waals surface area contributed by atoms with Crippen LogP contribution in [0.15, 0.2) is 4.99 Å². The summed E-state index contributed by atoms with van der Waals surface area (Å²) in [4.78, 5) is 20.8. The molecule has 2 atom stereocenters. The average Bonchev–Trinajstić information content (AvgIpc) is 2.87. The Hall–Kier alpha value is -1.34. The van der Waals surface area contributed by atoms with E-state index < -0.39 is 17.3 Å². The first-order valence-corrected chi connectivity index (χ1v) is 9.50. The van der Waals surface area contributed by atoms with Crippen molar-refractivity contribution in [2.45, 2.75) is 69.2 Å². The van der Waals surface area contributed by atoms with Crippen LogP contribution in [0.2, 0.25) is 0 Å². The Morgan fingerprint density at radius 3 is 2.72 bits per heavy atom. The second-order valence-corrected chi connectivity index (χ2v) is 7.86. The molecule has 3 aliphatic rings. The van der Waals surface area contributed by atoms with Gasteiger partial charge in [0.1, 0.15) is 0 Å². The highest BCUT2D eigenvalue weighted by Crippen LogP contribution is 2.35. The van der Waals surface area contributed by atoms with E-state index in [-0.39, 0.29) is 12.3 Å². The summed E-state index contributed by atoms with van der Waals surface area (Å²) in [6.07, 6.45) is 4.53. The number of carbonyl (C=O) groups is 1. The van der Waals surface area contributed by atoms with E-state index in [1.165, 1.54) is 0 Å². The van der Waals surface area contributed by atoms with Gasteiger partial charge in [-0.3, -0.25) is 4.79 Å². The zero-order valence-electron chi connectivity index (χ0n) is 15.4. The summed E-state index contributed by atoms with van der Waals surface area (Å²) >= 11 is 0. The molecule has 2 saturated heterocycles. The molecule has 0 aromatic carbocycles. The number of amidine groups is 1. The molecule has 0 aromatic heterocycles. The standard InChI is InChI=1S/C18H31N3O4/c1-3-19-16-20(2)12-18(25-16)13-21(10-7-14(18)22)15(23)11-17(24)8-5-4-6-9-17/h14,22,24H,3-13H2,1-2H3/t14-,18-/m0/s1. The van der Waals surface area contributed by atoms with Gasteiger partial charge in [0.2, 0.25) is 5.91 Å². The number of likely N-dealkylation sites (tertiary alicyclic amines) is 1. The fraction of sp³-hybridized carbons (Fsp3) is 0.889. The van der Waals surface area contributed by atoms with Crippen LogP contribution in [0.4, 0.5) is 0 Å². The molecule has 2 heterocycles. The summed E-state index contributed by atoms with van der Waals surface area (Å²) in [5, 5.41) is 21.2. The molecule has 2 aliphatic heterocycles. The van der Waals surface area contributed by atoms with Crippen molar-refractivity contribution < 1.29 is 19.7 Å². The van der Waals surface area contributed by atoms with Crippen molar-refractivity contribution in [3.63, 3.8) is 0 Å². The van der Waals surface area contributed by atoms with Crippen molar-refractivity contribution in [2.75, 3.05) is 33.2 Å². The zero-order chi connectivity index (χ0) is 18.1. The maximum absolute atomic E-state index is 12.8. The van der Waals surface area contributed by atoms with E-state index in [0.717, 1.165) is 19.3 Å². The molecular weight excluding hydrogens is 322 g/mol. The number of carbonyl (C=O) groups excluding carboxylic acids is 1. The van der Waals surface area contributed by atoms with Crippen molar-refractivity contribution in [1.82, 2.24) is 9.80 Å². The summed E-state index contributed by atoms with van der Waals surface area (Å²) < 4.78 is 6.02. The van der Waals surface area contributed by atoms with Gasteiger partial charge in [-0.15, -0.1) is 0 Å². The van der Waals surface area contributed by atoms with Crippen molar-refractivity contribution in [3.05, 3.63) is 0 Å². The second kappa shape index (κ2) is 7.11. The summed E-state index contributed by atoms with van der Waals surface area (Å²) in [7, 11) is 1.89. The predicted octanol–water partition coefficient (Wildman–Crippen LogP) is 0.742. The molecule has 142 valence electrons. The van der Waals surface area contributed by atoms with Crippen LogP contribution in [0, 0.1) is 0 Å². The molecule has 3 rings (SSSR count). The molecule has 0 unspecified atom stereocenters. The van der Waals surface area contributed by atoms with Gasteiger partial charge in [-0.2, -0.15) is 0 Å². The summed E-state index contributed by atoms with van der Waals surface area (Å²) in [5.41, 5.74) is -1.67. The first-order chi connectivity index (χ1) is 11.9. The van der Waals surface area contributed by atoms with Crippen molar-refractivity contribution in [3.8, 4) is 0 Å². The van der Waals surface area contributed by atoms with E-state index in [2.05, 4.69) is 4.99 Å². The number of hydrogen-bond acceptors (Lipinski definition) is 5. The van der Waals surface area contributed by atoms with E-state index >= 15 is 0 Å². The maximum atomic E-state index is 12.8. The molecule has 7 heteroatoms. The van der Waals surface area contributed by atoms with Gasteiger partial charge >= 0.3 is 0 Å². The lowest BCUT2D eigenvalue weighted by Gasteiger charge is -2.43. The molecule has 0 bridgehead atoms. The van der Waals surface area contributed by atoms with Crippen molar-refractivity contribution in [1.29, 1.82) is 0 Å². The lowest BCUT2D eigenvalue weighted by Crippen LogP contribution is -2.60. The molecule has 0 radical (unpaired) electrons. The van der Waals surface area contributed by atoms with Crippen LogP contribution in [-0.4, -0.2) is 82.5 Å². The molecule has 0 aromatic rings. The van der Waals surface area contributed by atoms with Crippen LogP contribution < -0.4 is 0 Å². The van der Waals surface area contributed by atoms with E-state index in [4.69, 9.17) is 4.74 Å². The van der Waals surface area contributed by atoms with Crippen LogP contribution in [0.1, 0.15) is 51.9 Å². The van der Waals surface area contributed by atoms with Crippen LogP contribution in [-0.2, 0) is 9.53 Å². The molecule has 7 nitrogen and oxygen atoms in total. The van der Waals surface area contributed by atoms with E-state index in [1.807, 2.05) is 18.9 Å². The number of aliphatic imine (C=N–C) groups is 1. The number of rotatable bonds is 3. The van der Waals surface area contributed by atoms with Crippen LogP contribution in [0.5, 0.6) is 0 Å². The number of aliphatic hydroxyl groups is 2. The van der Waals surface area contributed by atoms with Gasteiger partial charge in [0, 0.05) is 20.1 Å². The second-order valence-electron chi connectivity index (χ2n) is 7.86. The Labute approximate surface area is 149 Å². The SMILES string of the molecule is CCN=C1O[C@@]2(CN1C)CN(C(=O)CC1(O)CCCCC1)CC[C@@H]2O. The average molecular weight is 353 g/mol. The maximum Gasteiger partial charge on any atom is 0.287 e. The molecule has 3 fully saturated rings. The normalized spacial score (nSPS) is 33.8. The molecule has 1 aliphatic carbocycles. The summed E-state index contributed by atoms with van der Waals surface area (Å²) in [6.45, 7) is 3.91. The monoisotopic (exact) mass is 353 g/mol. The van der Waals surface area contributed by atoms with E-state index in [0.29, 0.717) is 51.5 Å². The molecule has 25 heavy (non-hydrogen) atoms. The molecule has 1 saturated carbocycles. The van der Waals surface area contributed by atoms with Gasteiger partial charge in [0.05, 0.1) is 31.2 Å². The fourth-order valence-corrected chi connectivity index (χ4v) is 4.35. The Morgan fingerprint density at radius 1 is 1.32 bits per heavy atom. The Bertz CT molecular complexity index is 532. The molecular formula is C18H31N3O4. The number of likely N-dealkylation sites (N-methyl/N-ethyl adjacent to an activating group) is 1.